The molecule has 1 aromatic heterocycles. The molecule has 106 valence electrons. The Morgan fingerprint density at radius 3 is 2.90 bits per heavy atom. The first-order chi connectivity index (χ1) is 9.65. The van der Waals surface area contributed by atoms with Crippen molar-refractivity contribution >= 4 is 17.5 Å². The van der Waals surface area contributed by atoms with Crippen molar-refractivity contribution in [1.29, 1.82) is 0 Å². The maximum absolute atomic E-state index is 12.8. The van der Waals surface area contributed by atoms with Crippen LogP contribution in [0.4, 0.5) is 10.3 Å². The smallest absolute Gasteiger partial charge is 0.220 e. The van der Waals surface area contributed by atoms with Crippen molar-refractivity contribution < 1.29 is 13.9 Å². The van der Waals surface area contributed by atoms with Crippen LogP contribution in [-0.2, 0) is 11.2 Å². The molecule has 0 saturated carbocycles. The van der Waals surface area contributed by atoms with E-state index in [1.54, 1.807) is 12.3 Å². The molecule has 0 amide bonds. The number of nitrogen functional groups attached to an aromatic ring is 1. The van der Waals surface area contributed by atoms with Crippen molar-refractivity contribution in [2.45, 2.75) is 6.42 Å². The SMILES string of the molecule is Nc1nccc(CCOCOc2ccc(F)cc2Cl)n1. The van der Waals surface area contributed by atoms with Crippen LogP contribution < -0.4 is 10.5 Å². The van der Waals surface area contributed by atoms with Gasteiger partial charge in [-0.25, -0.2) is 14.4 Å². The molecule has 0 unspecified atom stereocenters. The summed E-state index contributed by atoms with van der Waals surface area (Å²) in [5, 5.41) is 0.206. The van der Waals surface area contributed by atoms with Gasteiger partial charge in [0.2, 0.25) is 5.95 Å². The van der Waals surface area contributed by atoms with E-state index >= 15 is 0 Å². The highest BCUT2D eigenvalue weighted by Gasteiger charge is 2.03. The number of hydrogen-bond donors (Lipinski definition) is 1. The van der Waals surface area contributed by atoms with Gasteiger partial charge in [-0.2, -0.15) is 0 Å². The minimum Gasteiger partial charge on any atom is -0.466 e. The van der Waals surface area contributed by atoms with Crippen LogP contribution in [0.1, 0.15) is 5.69 Å². The number of rotatable bonds is 6. The molecule has 2 aromatic rings. The van der Waals surface area contributed by atoms with Crippen LogP contribution in [0.15, 0.2) is 30.5 Å². The zero-order valence-corrected chi connectivity index (χ0v) is 11.3. The van der Waals surface area contributed by atoms with Gasteiger partial charge in [-0.15, -0.1) is 0 Å². The van der Waals surface area contributed by atoms with Crippen molar-refractivity contribution in [3.63, 3.8) is 0 Å². The summed E-state index contributed by atoms with van der Waals surface area (Å²) in [5.41, 5.74) is 6.25. The fourth-order valence-electron chi connectivity index (χ4n) is 1.49. The Hall–Kier alpha value is -1.92. The van der Waals surface area contributed by atoms with Crippen LogP contribution in [0.25, 0.3) is 0 Å². The lowest BCUT2D eigenvalue weighted by molar-refractivity contribution is 0.0166. The van der Waals surface area contributed by atoms with Crippen molar-refractivity contribution in [1.82, 2.24) is 9.97 Å². The van der Waals surface area contributed by atoms with Gasteiger partial charge >= 0.3 is 0 Å². The van der Waals surface area contributed by atoms with Crippen molar-refractivity contribution in [2.75, 3.05) is 19.1 Å². The monoisotopic (exact) mass is 297 g/mol. The summed E-state index contributed by atoms with van der Waals surface area (Å²) in [4.78, 5) is 7.83. The quantitative estimate of drug-likeness (QED) is 0.655. The average molecular weight is 298 g/mol. The van der Waals surface area contributed by atoms with E-state index in [2.05, 4.69) is 9.97 Å². The Kier molecular flexibility index (Phi) is 5.09. The summed E-state index contributed by atoms with van der Waals surface area (Å²) in [5.74, 6) is 0.195. The molecule has 0 aliphatic heterocycles. The van der Waals surface area contributed by atoms with Gasteiger partial charge in [0.1, 0.15) is 11.6 Å². The lowest BCUT2D eigenvalue weighted by atomic mass is 10.3. The van der Waals surface area contributed by atoms with Gasteiger partial charge in [0, 0.05) is 18.3 Å². The van der Waals surface area contributed by atoms with Gasteiger partial charge in [-0.1, -0.05) is 11.6 Å². The fraction of sp³-hybridized carbons (Fsp3) is 0.231. The van der Waals surface area contributed by atoms with E-state index < -0.39 is 5.82 Å². The Morgan fingerprint density at radius 2 is 2.15 bits per heavy atom. The zero-order valence-electron chi connectivity index (χ0n) is 10.6. The Morgan fingerprint density at radius 1 is 1.30 bits per heavy atom. The van der Waals surface area contributed by atoms with Gasteiger partial charge in [0.05, 0.1) is 11.6 Å². The molecule has 0 aliphatic rings. The molecule has 1 aromatic carbocycles. The number of halogens is 2. The van der Waals surface area contributed by atoms with E-state index in [-0.39, 0.29) is 17.8 Å². The molecule has 20 heavy (non-hydrogen) atoms. The molecule has 0 spiro atoms. The lowest BCUT2D eigenvalue weighted by Gasteiger charge is -2.08. The molecular formula is C13H13ClFN3O2. The van der Waals surface area contributed by atoms with Gasteiger partial charge in [-0.05, 0) is 24.3 Å². The van der Waals surface area contributed by atoms with Crippen molar-refractivity contribution in [3.8, 4) is 5.75 Å². The van der Waals surface area contributed by atoms with Crippen molar-refractivity contribution in [3.05, 3.63) is 47.0 Å². The molecule has 2 rings (SSSR count). The van der Waals surface area contributed by atoms with Crippen LogP contribution >= 0.6 is 11.6 Å². The van der Waals surface area contributed by atoms with Crippen LogP contribution in [0, 0.1) is 5.82 Å². The third-order valence-electron chi connectivity index (χ3n) is 2.43. The first kappa shape index (κ1) is 14.5. The minimum absolute atomic E-state index is 0.0198. The van der Waals surface area contributed by atoms with E-state index in [0.29, 0.717) is 18.8 Å². The Bertz CT molecular complexity index is 583. The molecule has 1 heterocycles. The molecule has 7 heteroatoms. The van der Waals surface area contributed by atoms with Gasteiger partial charge in [0.25, 0.3) is 0 Å². The molecular weight excluding hydrogens is 285 g/mol. The first-order valence-electron chi connectivity index (χ1n) is 5.88. The average Bonchev–Trinajstić information content (AvgIpc) is 2.41. The Balaban J connectivity index is 1.71. The molecule has 0 aliphatic carbocycles. The summed E-state index contributed by atoms with van der Waals surface area (Å²) in [6.45, 7) is 0.432. The van der Waals surface area contributed by atoms with Gasteiger partial charge in [0.15, 0.2) is 6.79 Å². The summed E-state index contributed by atoms with van der Waals surface area (Å²) in [6.07, 6.45) is 2.18. The number of benzene rings is 1. The predicted molar refractivity (Wildman–Crippen MR) is 73.0 cm³/mol. The number of ether oxygens (including phenoxy) is 2. The molecule has 0 fully saturated rings. The first-order valence-corrected chi connectivity index (χ1v) is 6.26. The molecule has 0 atom stereocenters. The highest BCUT2D eigenvalue weighted by Crippen LogP contribution is 2.24. The molecule has 5 nitrogen and oxygen atoms in total. The van der Waals surface area contributed by atoms with Crippen LogP contribution in [0.5, 0.6) is 5.75 Å². The molecule has 2 N–H and O–H groups in total. The van der Waals surface area contributed by atoms with E-state index in [4.69, 9.17) is 26.8 Å². The topological polar surface area (TPSA) is 70.3 Å². The van der Waals surface area contributed by atoms with Gasteiger partial charge < -0.3 is 15.2 Å². The number of anilines is 1. The fourth-order valence-corrected chi connectivity index (χ4v) is 1.71. The van der Waals surface area contributed by atoms with E-state index in [0.717, 1.165) is 5.69 Å². The normalized spacial score (nSPS) is 10.5. The second-order valence-corrected chi connectivity index (χ2v) is 4.31. The zero-order chi connectivity index (χ0) is 14.4. The van der Waals surface area contributed by atoms with E-state index in [1.807, 2.05) is 0 Å². The highest BCUT2D eigenvalue weighted by atomic mass is 35.5. The van der Waals surface area contributed by atoms with Crippen LogP contribution in [-0.4, -0.2) is 23.4 Å². The second-order valence-electron chi connectivity index (χ2n) is 3.90. The predicted octanol–water partition coefficient (Wildman–Crippen LogP) is 2.45. The summed E-state index contributed by atoms with van der Waals surface area (Å²) >= 11 is 5.80. The minimum atomic E-state index is -0.412. The largest absolute Gasteiger partial charge is 0.466 e. The van der Waals surface area contributed by atoms with Crippen molar-refractivity contribution in [2.24, 2.45) is 0 Å². The second kappa shape index (κ2) is 7.02. The summed E-state index contributed by atoms with van der Waals surface area (Å²) in [6, 6.07) is 5.66. The van der Waals surface area contributed by atoms with E-state index in [9.17, 15) is 4.39 Å². The lowest BCUT2D eigenvalue weighted by Crippen LogP contribution is -2.08. The van der Waals surface area contributed by atoms with Crippen LogP contribution in [0.3, 0.4) is 0 Å². The number of aromatic nitrogens is 2. The molecule has 0 bridgehead atoms. The van der Waals surface area contributed by atoms with Crippen LogP contribution in [0.2, 0.25) is 5.02 Å². The Labute approximate surface area is 120 Å². The third kappa shape index (κ3) is 4.32. The third-order valence-corrected chi connectivity index (χ3v) is 2.72. The summed E-state index contributed by atoms with van der Waals surface area (Å²) < 4.78 is 23.4. The number of hydrogen-bond acceptors (Lipinski definition) is 5. The molecule has 0 radical (unpaired) electrons. The number of nitrogens with two attached hydrogens (primary N) is 1. The van der Waals surface area contributed by atoms with E-state index in [1.165, 1.54) is 18.2 Å². The number of nitrogens with zero attached hydrogens (tertiary/aromatic N) is 2. The van der Waals surface area contributed by atoms with Gasteiger partial charge in [-0.3, -0.25) is 0 Å². The summed E-state index contributed by atoms with van der Waals surface area (Å²) in [7, 11) is 0. The molecule has 0 saturated heterocycles. The standard InChI is InChI=1S/C13H13ClFN3O2/c14-11-7-9(15)1-2-12(11)20-8-19-6-4-10-3-5-17-13(16)18-10/h1-3,5,7H,4,6,8H2,(H2,16,17,18). The maximum atomic E-state index is 12.8. The highest BCUT2D eigenvalue weighted by molar-refractivity contribution is 6.32. The maximum Gasteiger partial charge on any atom is 0.220 e.